The van der Waals surface area contributed by atoms with E-state index in [4.69, 9.17) is 4.42 Å². The molecule has 0 unspecified atom stereocenters. The van der Waals surface area contributed by atoms with Gasteiger partial charge >= 0.3 is 0 Å². The Balaban J connectivity index is 1.76. The van der Waals surface area contributed by atoms with Gasteiger partial charge in [-0.15, -0.1) is 0 Å². The van der Waals surface area contributed by atoms with Crippen molar-refractivity contribution in [2.75, 3.05) is 9.80 Å². The monoisotopic (exact) mass is 370 g/mol. The highest BCUT2D eigenvalue weighted by Crippen LogP contribution is 2.48. The molecule has 0 saturated carbocycles. The minimum absolute atomic E-state index is 0.0324. The van der Waals surface area contributed by atoms with Crippen LogP contribution in [0.1, 0.15) is 33.3 Å². The molecule has 4 aromatic rings. The van der Waals surface area contributed by atoms with Crippen molar-refractivity contribution in [2.45, 2.75) is 46.3 Å². The topological polar surface area (TPSA) is 19.6 Å². The van der Waals surface area contributed by atoms with Crippen molar-refractivity contribution < 1.29 is 4.42 Å². The first-order valence-electron chi connectivity index (χ1n) is 9.96. The van der Waals surface area contributed by atoms with E-state index in [9.17, 15) is 0 Å². The molecule has 0 spiro atoms. The molecule has 5 rings (SSSR count). The maximum absolute atomic E-state index is 6.09. The van der Waals surface area contributed by atoms with Crippen molar-refractivity contribution >= 4 is 39.0 Å². The molecule has 1 aromatic heterocycles. The smallest absolute Gasteiger partial charge is 0.135 e. The Hall–Kier alpha value is -2.94. The van der Waals surface area contributed by atoms with Crippen molar-refractivity contribution in [2.24, 2.45) is 0 Å². The van der Waals surface area contributed by atoms with Crippen LogP contribution in [0.25, 0.3) is 21.9 Å². The van der Waals surface area contributed by atoms with Crippen LogP contribution in [0.3, 0.4) is 0 Å². The van der Waals surface area contributed by atoms with Crippen LogP contribution < -0.4 is 9.80 Å². The zero-order chi connectivity index (χ0) is 19.6. The highest BCUT2D eigenvalue weighted by atomic mass is 16.3. The van der Waals surface area contributed by atoms with E-state index in [-0.39, 0.29) is 11.7 Å². The lowest BCUT2D eigenvalue weighted by molar-refractivity contribution is 0.468. The van der Waals surface area contributed by atoms with Gasteiger partial charge in [0.2, 0.25) is 0 Å². The Morgan fingerprint density at radius 1 is 0.786 bits per heavy atom. The van der Waals surface area contributed by atoms with E-state index in [1.807, 2.05) is 12.1 Å². The second-order valence-corrected chi connectivity index (χ2v) is 8.71. The Morgan fingerprint density at radius 3 is 2.21 bits per heavy atom. The Morgan fingerprint density at radius 2 is 1.46 bits per heavy atom. The molecule has 0 fully saturated rings. The molecule has 0 bridgehead atoms. The Labute approximate surface area is 166 Å². The lowest BCUT2D eigenvalue weighted by atomic mass is 10.0. The normalized spacial score (nSPS) is 17.0. The first-order valence-corrected chi connectivity index (χ1v) is 9.96. The predicted octanol–water partition coefficient (Wildman–Crippen LogP) is 7.00. The van der Waals surface area contributed by atoms with Crippen LogP contribution in [0, 0.1) is 6.92 Å². The molecular formula is C25H26N2O. The van der Waals surface area contributed by atoms with Crippen molar-refractivity contribution in [1.82, 2.24) is 0 Å². The number of benzene rings is 3. The van der Waals surface area contributed by atoms with E-state index in [2.05, 4.69) is 92.9 Å². The van der Waals surface area contributed by atoms with E-state index in [0.29, 0.717) is 0 Å². The fourth-order valence-corrected chi connectivity index (χ4v) is 4.88. The summed E-state index contributed by atoms with van der Waals surface area (Å²) in [5, 5.41) is 2.40. The van der Waals surface area contributed by atoms with Crippen LogP contribution in [0.15, 0.2) is 65.1 Å². The lowest BCUT2D eigenvalue weighted by Gasteiger charge is -2.40. The molecule has 3 nitrogen and oxygen atoms in total. The van der Waals surface area contributed by atoms with E-state index < -0.39 is 0 Å². The van der Waals surface area contributed by atoms with Crippen molar-refractivity contribution in [3.05, 3.63) is 66.2 Å². The molecule has 0 amide bonds. The van der Waals surface area contributed by atoms with E-state index in [1.54, 1.807) is 0 Å². The quantitative estimate of drug-likeness (QED) is 0.360. The number of fused-ring (bicyclic) bond motifs is 4. The van der Waals surface area contributed by atoms with Crippen molar-refractivity contribution in [1.29, 1.82) is 0 Å². The van der Waals surface area contributed by atoms with E-state index in [1.165, 1.54) is 33.4 Å². The highest BCUT2D eigenvalue weighted by molar-refractivity contribution is 6.09. The Kier molecular flexibility index (Phi) is 3.54. The van der Waals surface area contributed by atoms with Gasteiger partial charge in [-0.25, -0.2) is 0 Å². The summed E-state index contributed by atoms with van der Waals surface area (Å²) in [6, 6.07) is 21.4. The van der Waals surface area contributed by atoms with Gasteiger partial charge in [-0.3, -0.25) is 0 Å². The van der Waals surface area contributed by atoms with Gasteiger partial charge in [0.1, 0.15) is 17.3 Å². The van der Waals surface area contributed by atoms with Gasteiger partial charge in [-0.05, 0) is 70.5 Å². The van der Waals surface area contributed by atoms with Gasteiger partial charge in [-0.1, -0.05) is 30.3 Å². The molecule has 2 heterocycles. The molecule has 1 atom stereocenters. The fraction of sp³-hybridized carbons (Fsp3) is 0.280. The van der Waals surface area contributed by atoms with Crippen LogP contribution in [0.5, 0.6) is 0 Å². The molecular weight excluding hydrogens is 344 g/mol. The number of para-hydroxylation sites is 3. The fourth-order valence-electron chi connectivity index (χ4n) is 4.88. The number of hydrogen-bond donors (Lipinski definition) is 0. The van der Waals surface area contributed by atoms with Gasteiger partial charge in [-0.2, -0.15) is 0 Å². The summed E-state index contributed by atoms with van der Waals surface area (Å²) in [4.78, 5) is 4.98. The summed E-state index contributed by atoms with van der Waals surface area (Å²) in [7, 11) is 0. The van der Waals surface area contributed by atoms with E-state index >= 15 is 0 Å². The van der Waals surface area contributed by atoms with Gasteiger partial charge in [0.15, 0.2) is 0 Å². The maximum Gasteiger partial charge on any atom is 0.135 e. The highest BCUT2D eigenvalue weighted by Gasteiger charge is 2.39. The average molecular weight is 370 g/mol. The third-order valence-corrected chi connectivity index (χ3v) is 5.90. The molecule has 0 radical (unpaired) electrons. The predicted molar refractivity (Wildman–Crippen MR) is 119 cm³/mol. The summed E-state index contributed by atoms with van der Waals surface area (Å²) in [6.07, 6.45) is 0.228. The summed E-state index contributed by atoms with van der Waals surface area (Å²) >= 11 is 0. The van der Waals surface area contributed by atoms with E-state index in [0.717, 1.165) is 11.2 Å². The molecule has 0 saturated heterocycles. The van der Waals surface area contributed by atoms with Crippen LogP contribution >= 0.6 is 0 Å². The maximum atomic E-state index is 6.09. The second-order valence-electron chi connectivity index (χ2n) is 8.71. The first kappa shape index (κ1) is 17.2. The summed E-state index contributed by atoms with van der Waals surface area (Å²) < 4.78 is 6.09. The number of anilines is 3. The zero-order valence-electron chi connectivity index (χ0n) is 17.2. The van der Waals surface area contributed by atoms with Crippen LogP contribution in [0.2, 0.25) is 0 Å². The average Bonchev–Trinajstić information content (AvgIpc) is 3.17. The third kappa shape index (κ3) is 2.29. The standard InChI is InChI=1S/C25H26N2O/c1-16-19(14-15-23-24(16)18-10-6-9-13-22(18)28-23)26-17(2)27(25(3,4)5)21-12-8-7-11-20(21)26/h6-15,17H,1-5H3/t17-/m1/s1. The van der Waals surface area contributed by atoms with Crippen LogP contribution in [-0.4, -0.2) is 11.7 Å². The van der Waals surface area contributed by atoms with Crippen LogP contribution in [0.4, 0.5) is 17.1 Å². The lowest BCUT2D eigenvalue weighted by Crippen LogP contribution is -2.49. The minimum atomic E-state index is 0.0324. The SMILES string of the molecule is Cc1c(N2c3ccccc3N(C(C)(C)C)[C@@H]2C)ccc2oc3ccccc3c12. The molecule has 28 heavy (non-hydrogen) atoms. The second kappa shape index (κ2) is 5.78. The van der Waals surface area contributed by atoms with Gasteiger partial charge in [0, 0.05) is 22.0 Å². The molecule has 3 aromatic carbocycles. The largest absolute Gasteiger partial charge is 0.456 e. The number of rotatable bonds is 1. The zero-order valence-corrected chi connectivity index (χ0v) is 17.2. The molecule has 142 valence electrons. The van der Waals surface area contributed by atoms with Gasteiger partial charge < -0.3 is 14.2 Å². The molecule has 1 aliphatic rings. The van der Waals surface area contributed by atoms with Crippen molar-refractivity contribution in [3.8, 4) is 0 Å². The molecule has 1 aliphatic heterocycles. The number of hydrogen-bond acceptors (Lipinski definition) is 3. The van der Waals surface area contributed by atoms with Crippen molar-refractivity contribution in [3.63, 3.8) is 0 Å². The molecule has 0 N–H and O–H groups in total. The summed E-state index contributed by atoms with van der Waals surface area (Å²) in [6.45, 7) is 11.4. The molecule has 3 heteroatoms. The Bertz CT molecular complexity index is 1200. The third-order valence-electron chi connectivity index (χ3n) is 5.90. The minimum Gasteiger partial charge on any atom is -0.456 e. The van der Waals surface area contributed by atoms with Gasteiger partial charge in [0.25, 0.3) is 0 Å². The number of aryl methyl sites for hydroxylation is 1. The summed E-state index contributed by atoms with van der Waals surface area (Å²) in [5.74, 6) is 0. The number of furan rings is 1. The van der Waals surface area contributed by atoms with Crippen LogP contribution in [-0.2, 0) is 0 Å². The van der Waals surface area contributed by atoms with Gasteiger partial charge in [0.05, 0.1) is 11.4 Å². The number of nitrogens with zero attached hydrogens (tertiary/aromatic N) is 2. The summed E-state index contributed by atoms with van der Waals surface area (Å²) in [5.41, 5.74) is 6.99. The molecule has 0 aliphatic carbocycles. The first-order chi connectivity index (χ1) is 13.4.